The van der Waals surface area contributed by atoms with Crippen molar-refractivity contribution in [3.63, 3.8) is 0 Å². The Morgan fingerprint density at radius 3 is 1.52 bits per heavy atom. The van der Waals surface area contributed by atoms with E-state index in [1.54, 1.807) is 0 Å². The fourth-order valence-corrected chi connectivity index (χ4v) is 10.8. The van der Waals surface area contributed by atoms with E-state index in [0.29, 0.717) is 24.7 Å². The zero-order valence-corrected chi connectivity index (χ0v) is 41.8. The molecule has 0 saturated carbocycles. The molecular weight excluding hydrogens is 1080 g/mol. The third-order valence-electron chi connectivity index (χ3n) is 15.4. The third-order valence-corrected chi connectivity index (χ3v) is 15.4. The molecule has 4 aromatic rings. The Bertz CT molecular complexity index is 3080. The van der Waals surface area contributed by atoms with Crippen LogP contribution in [-0.2, 0) is 24.0 Å². The number of likely N-dealkylation sites (tertiary alicyclic amines) is 2. The summed E-state index contributed by atoms with van der Waals surface area (Å²) in [7, 11) is 3.03. The van der Waals surface area contributed by atoms with Gasteiger partial charge in [0, 0.05) is 41.1 Å². The van der Waals surface area contributed by atoms with E-state index in [9.17, 15) is 127 Å². The van der Waals surface area contributed by atoms with Gasteiger partial charge in [0.05, 0.1) is 21.3 Å². The van der Waals surface area contributed by atoms with E-state index < -0.39 is 167 Å². The molecule has 80 heavy (non-hydrogen) atoms. The Balaban J connectivity index is 1.06. The lowest BCUT2D eigenvalue weighted by atomic mass is 9.67. The second kappa shape index (κ2) is 18.8. The highest BCUT2D eigenvalue weighted by Gasteiger charge is 2.89. The number of rotatable bonds is 15. The molecule has 32 heteroatoms. The van der Waals surface area contributed by atoms with Gasteiger partial charge in [0.1, 0.15) is 5.56 Å². The summed E-state index contributed by atoms with van der Waals surface area (Å²) in [5.74, 6) is -55.7. The summed E-state index contributed by atoms with van der Waals surface area (Å²) in [4.78, 5) is 27.8. The lowest BCUT2D eigenvalue weighted by molar-refractivity contribution is -0.630. The first-order valence-corrected chi connectivity index (χ1v) is 23.4. The maximum absolute atomic E-state index is 14.0. The number of carbonyl (C=O) groups is 2. The third kappa shape index (κ3) is 7.74. The number of benzene rings is 4. The van der Waals surface area contributed by atoms with E-state index >= 15 is 0 Å². The molecule has 2 heterocycles. The Morgan fingerprint density at radius 1 is 0.575 bits per heavy atom. The molecule has 0 aromatic heterocycles. The number of hydrogen-bond donors (Lipinski definition) is 23. The maximum Gasteiger partial charge on any atom is 0.294 e. The minimum absolute atomic E-state index is 0.0482. The van der Waals surface area contributed by atoms with E-state index in [4.69, 9.17) is 23.7 Å². The molecule has 0 radical (unpaired) electrons. The molecule has 2 saturated heterocycles. The molecule has 2 atom stereocenters. The first-order valence-electron chi connectivity index (χ1n) is 23.4. The predicted molar refractivity (Wildman–Crippen MR) is 250 cm³/mol. The molecular formula is C48H56N2O30. The second-order valence-corrected chi connectivity index (χ2v) is 19.8. The minimum atomic E-state index is -5.59. The maximum atomic E-state index is 14.0. The summed E-state index contributed by atoms with van der Waals surface area (Å²) >= 11 is 0. The molecule has 0 bridgehead atoms. The average Bonchev–Trinajstić information content (AvgIpc) is 3.75. The Morgan fingerprint density at radius 2 is 1.02 bits per heavy atom. The first kappa shape index (κ1) is 59.7. The number of aromatic hydroxyl groups is 4. The average molecular weight is 1140 g/mol. The number of aliphatic hydroxyl groups is 19. The number of nitrogens with zero attached hydrogens (tertiary/aromatic N) is 2. The zero-order chi connectivity index (χ0) is 59.9. The lowest BCUT2D eigenvalue weighted by Crippen LogP contribution is -2.95. The second-order valence-electron chi connectivity index (χ2n) is 19.8. The lowest BCUT2D eigenvalue weighted by Gasteiger charge is -2.65. The normalized spacial score (nSPS) is 24.7. The van der Waals surface area contributed by atoms with E-state index in [1.165, 1.54) is 0 Å². The van der Waals surface area contributed by atoms with Gasteiger partial charge in [0.25, 0.3) is 29.3 Å². The van der Waals surface area contributed by atoms with Gasteiger partial charge in [-0.25, -0.2) is 0 Å². The minimum Gasteiger partial charge on any atom is -0.504 e. The van der Waals surface area contributed by atoms with Crippen LogP contribution in [0.4, 0.5) is 0 Å². The summed E-state index contributed by atoms with van der Waals surface area (Å²) in [5.41, 5.74) is -18.3. The summed E-state index contributed by atoms with van der Waals surface area (Å²) in [5, 5.41) is 260. The highest BCUT2D eigenvalue weighted by molar-refractivity contribution is 6.10. The number of phenols is 4. The van der Waals surface area contributed by atoms with Gasteiger partial charge >= 0.3 is 0 Å². The quantitative estimate of drug-likeness (QED) is 0.0299. The smallest absolute Gasteiger partial charge is 0.294 e. The Hall–Kier alpha value is -6.42. The first-order chi connectivity index (χ1) is 36.7. The fourth-order valence-electron chi connectivity index (χ4n) is 10.8. The van der Waals surface area contributed by atoms with Gasteiger partial charge in [0.2, 0.25) is 58.6 Å². The topological polar surface area (TPSA) is 552 Å². The van der Waals surface area contributed by atoms with Crippen LogP contribution in [0.15, 0.2) is 54.6 Å². The van der Waals surface area contributed by atoms with Crippen LogP contribution in [0.25, 0.3) is 0 Å². The van der Waals surface area contributed by atoms with Crippen LogP contribution in [0, 0.1) is 5.92 Å². The summed E-state index contributed by atoms with van der Waals surface area (Å²) in [6, 6.07) is 12.0. The van der Waals surface area contributed by atoms with Gasteiger partial charge in [-0.1, -0.05) is 30.3 Å². The van der Waals surface area contributed by atoms with Gasteiger partial charge in [0.15, 0.2) is 45.7 Å². The number of fused-ring (bicyclic) bond motifs is 2. The summed E-state index contributed by atoms with van der Waals surface area (Å²) < 4.78 is 25.7. The van der Waals surface area contributed by atoms with Crippen molar-refractivity contribution in [2.75, 3.05) is 41.2 Å². The van der Waals surface area contributed by atoms with Gasteiger partial charge in [-0.15, -0.1) is 4.90 Å². The number of methoxy groups -OCH3 is 3. The summed E-state index contributed by atoms with van der Waals surface area (Å²) in [6.07, 6.45) is -2.83. The zero-order valence-electron chi connectivity index (χ0n) is 41.8. The number of carbonyl (C=O) groups excluding carboxylic acids is 2. The Kier molecular flexibility index (Phi) is 14.0. The highest BCUT2D eigenvalue weighted by Crippen LogP contribution is 2.62. The van der Waals surface area contributed by atoms with Crippen molar-refractivity contribution < 1.29 is 151 Å². The van der Waals surface area contributed by atoms with E-state index in [0.717, 1.165) is 33.0 Å². The number of Topliss-reactive ketones (excluding diaryl/α,β-unsaturated/α-hetero) is 2. The molecule has 32 nitrogen and oxygen atoms in total. The Labute approximate surface area is 447 Å². The van der Waals surface area contributed by atoms with Crippen molar-refractivity contribution >= 4 is 11.6 Å². The fraction of sp³-hybridized carbons (Fsp3) is 0.458. The predicted octanol–water partition coefficient (Wildman–Crippen LogP) is -7.46. The largest absolute Gasteiger partial charge is 0.504 e. The SMILES string of the molecule is COc1cc2c(cc1OC)C(O)(O)C(O)(CC1(O)C(O)(O)C(O)(O)N(C(O)(O)c3c(O)c(O)c(OCOc4cc5c(cc4OC)C(O)(O)C(O)(C(O)(O)C4CCN(Cc6ccccc6)CC4)C5=O)c(O)c3O)C(O)(O)C1(O)O)C2=O. The standard InChI is InChI=1S/C48H56N2O30/c1-76-26-13-22-24(15-27(26)77-2)42(62,63)38(57,36(22)55)18-39(58)45(68,69)47(72,73)50(48(74,75)46(39,70)71)44(66,67)30-31(51)33(53)35(34(54)32(30)52)80-19-79-29-14-23-25(16-28(29)78-3)43(64,65)40(59,37(23)56)41(60,61)21-9-11-49(12-10-21)17-20-7-5-4-6-8-20/h4-8,13-16,21,51-54,57-75H,9-12,17-19H2,1-3H3. The van der Waals surface area contributed by atoms with E-state index in [1.807, 2.05) is 35.2 Å². The molecule has 4 aromatic carbocycles. The van der Waals surface area contributed by atoms with Gasteiger partial charge in [-0.2, -0.15) is 0 Å². The molecule has 23 N–H and O–H groups in total. The molecule has 2 fully saturated rings. The number of ketones is 2. The molecule has 8 rings (SSSR count). The molecule has 0 amide bonds. The number of hydrogen-bond acceptors (Lipinski definition) is 32. The van der Waals surface area contributed by atoms with Crippen molar-refractivity contribution in [1.29, 1.82) is 0 Å². The number of phenolic OH excluding ortho intramolecular Hbond substituents is 4. The number of ether oxygens (including phenoxy) is 5. The molecule has 0 spiro atoms. The summed E-state index contributed by atoms with van der Waals surface area (Å²) in [6.45, 7) is -0.458. The van der Waals surface area contributed by atoms with E-state index in [-0.39, 0.29) is 37.4 Å². The molecule has 2 unspecified atom stereocenters. The van der Waals surface area contributed by atoms with Crippen LogP contribution >= 0.6 is 0 Å². The van der Waals surface area contributed by atoms with Crippen LogP contribution in [0.2, 0.25) is 0 Å². The van der Waals surface area contributed by atoms with E-state index in [2.05, 4.69) is 0 Å². The van der Waals surface area contributed by atoms with Gasteiger partial charge in [-0.05, 0) is 55.8 Å². The van der Waals surface area contributed by atoms with Gasteiger partial charge in [-0.3, -0.25) is 14.5 Å². The van der Waals surface area contributed by atoms with Crippen LogP contribution in [-0.4, -0.2) is 226 Å². The highest BCUT2D eigenvalue weighted by atomic mass is 16.7. The monoisotopic (exact) mass is 1140 g/mol. The van der Waals surface area contributed by atoms with Crippen LogP contribution in [0.5, 0.6) is 51.7 Å². The van der Waals surface area contributed by atoms with Crippen molar-refractivity contribution in [2.24, 2.45) is 5.92 Å². The van der Waals surface area contributed by atoms with Crippen LogP contribution < -0.4 is 23.7 Å². The van der Waals surface area contributed by atoms with Crippen molar-refractivity contribution in [3.8, 4) is 51.7 Å². The van der Waals surface area contributed by atoms with Gasteiger partial charge < -0.3 is 141 Å². The van der Waals surface area contributed by atoms with Crippen molar-refractivity contribution in [3.05, 3.63) is 88.0 Å². The van der Waals surface area contributed by atoms with Crippen LogP contribution in [0.3, 0.4) is 0 Å². The van der Waals surface area contributed by atoms with Crippen LogP contribution in [0.1, 0.15) is 62.2 Å². The van der Waals surface area contributed by atoms with Crippen molar-refractivity contribution in [1.82, 2.24) is 9.80 Å². The molecule has 438 valence electrons. The number of piperidine rings is 2. The molecule has 2 aliphatic carbocycles. The molecule has 4 aliphatic rings. The van der Waals surface area contributed by atoms with Crippen molar-refractivity contribution in [2.45, 2.75) is 89.3 Å². The molecule has 2 aliphatic heterocycles.